The van der Waals surface area contributed by atoms with E-state index in [1.54, 1.807) is 11.0 Å². The fourth-order valence-corrected chi connectivity index (χ4v) is 3.72. The molecule has 5 nitrogen and oxygen atoms in total. The van der Waals surface area contributed by atoms with E-state index in [0.717, 1.165) is 24.9 Å². The van der Waals surface area contributed by atoms with Crippen LogP contribution in [0.25, 0.3) is 5.69 Å². The smallest absolute Gasteiger partial charge is 0.143 e. The molecule has 2 atom stereocenters. The largest absolute Gasteiger partial charge is 0.327 e. The lowest BCUT2D eigenvalue weighted by Gasteiger charge is -2.55. The Morgan fingerprint density at radius 2 is 2.15 bits per heavy atom. The van der Waals surface area contributed by atoms with E-state index in [4.69, 9.17) is 5.73 Å². The van der Waals surface area contributed by atoms with Crippen molar-refractivity contribution in [1.82, 2.24) is 20.2 Å². The summed E-state index contributed by atoms with van der Waals surface area (Å²) >= 11 is 0. The number of rotatable bonds is 4. The lowest BCUT2D eigenvalue weighted by atomic mass is 9.52. The molecule has 1 aliphatic carbocycles. The molecular formula is C15H21N5. The van der Waals surface area contributed by atoms with Crippen molar-refractivity contribution in [2.45, 2.75) is 45.1 Å². The van der Waals surface area contributed by atoms with Gasteiger partial charge in [-0.3, -0.25) is 0 Å². The van der Waals surface area contributed by atoms with Gasteiger partial charge in [-0.05, 0) is 58.7 Å². The fourth-order valence-electron chi connectivity index (χ4n) is 3.72. The van der Waals surface area contributed by atoms with Crippen LogP contribution in [0.4, 0.5) is 0 Å². The molecule has 0 radical (unpaired) electrons. The molecule has 2 aromatic rings. The monoisotopic (exact) mass is 271 g/mol. The van der Waals surface area contributed by atoms with E-state index in [2.05, 4.69) is 47.6 Å². The Morgan fingerprint density at radius 3 is 2.75 bits per heavy atom. The maximum Gasteiger partial charge on any atom is 0.143 e. The predicted molar refractivity (Wildman–Crippen MR) is 77.5 cm³/mol. The van der Waals surface area contributed by atoms with Crippen LogP contribution in [0.15, 0.2) is 30.6 Å². The molecule has 0 spiro atoms. The quantitative estimate of drug-likeness (QED) is 0.926. The van der Waals surface area contributed by atoms with Gasteiger partial charge in [-0.25, -0.2) is 4.68 Å². The molecule has 106 valence electrons. The molecule has 5 heteroatoms. The molecule has 3 rings (SSSR count). The van der Waals surface area contributed by atoms with Gasteiger partial charge in [0.1, 0.15) is 6.33 Å². The third-order valence-corrected chi connectivity index (χ3v) is 5.12. The standard InChI is InChI=1S/C15H21N5/c1-3-15(4-2)13(9-14(15)16)11-6-5-7-12(8-11)20-10-17-18-19-20/h5-8,10,13-14H,3-4,9,16H2,1-2H3. The van der Waals surface area contributed by atoms with Crippen LogP contribution in [0.2, 0.25) is 0 Å². The number of nitrogens with two attached hydrogens (primary N) is 1. The van der Waals surface area contributed by atoms with Crippen molar-refractivity contribution in [2.75, 3.05) is 0 Å². The zero-order chi connectivity index (χ0) is 14.2. The molecule has 1 aromatic heterocycles. The van der Waals surface area contributed by atoms with Crippen LogP contribution >= 0.6 is 0 Å². The van der Waals surface area contributed by atoms with Gasteiger partial charge >= 0.3 is 0 Å². The van der Waals surface area contributed by atoms with E-state index >= 15 is 0 Å². The number of benzene rings is 1. The summed E-state index contributed by atoms with van der Waals surface area (Å²) in [5.74, 6) is 0.545. The highest BCUT2D eigenvalue weighted by molar-refractivity contribution is 5.39. The second-order valence-electron chi connectivity index (χ2n) is 5.68. The van der Waals surface area contributed by atoms with Crippen LogP contribution < -0.4 is 5.73 Å². The van der Waals surface area contributed by atoms with E-state index in [1.165, 1.54) is 5.56 Å². The number of hydrogen-bond donors (Lipinski definition) is 1. The van der Waals surface area contributed by atoms with Crippen LogP contribution in [0, 0.1) is 5.41 Å². The maximum absolute atomic E-state index is 6.30. The summed E-state index contributed by atoms with van der Waals surface area (Å²) in [6.45, 7) is 4.50. The van der Waals surface area contributed by atoms with Gasteiger partial charge in [-0.2, -0.15) is 0 Å². The van der Waals surface area contributed by atoms with Crippen LogP contribution in [-0.4, -0.2) is 26.2 Å². The lowest BCUT2D eigenvalue weighted by molar-refractivity contribution is 0.0438. The van der Waals surface area contributed by atoms with E-state index < -0.39 is 0 Å². The second-order valence-corrected chi connectivity index (χ2v) is 5.68. The Balaban J connectivity index is 1.94. The van der Waals surface area contributed by atoms with Crippen molar-refractivity contribution >= 4 is 0 Å². The van der Waals surface area contributed by atoms with Gasteiger partial charge in [0.15, 0.2) is 0 Å². The van der Waals surface area contributed by atoms with Crippen molar-refractivity contribution in [2.24, 2.45) is 11.1 Å². The Hall–Kier alpha value is -1.75. The van der Waals surface area contributed by atoms with Crippen LogP contribution in [0.3, 0.4) is 0 Å². The van der Waals surface area contributed by atoms with Gasteiger partial charge in [0.25, 0.3) is 0 Å². The minimum atomic E-state index is 0.249. The van der Waals surface area contributed by atoms with E-state index in [0.29, 0.717) is 12.0 Å². The molecule has 1 aliphatic rings. The van der Waals surface area contributed by atoms with E-state index in [-0.39, 0.29) is 5.41 Å². The van der Waals surface area contributed by atoms with Gasteiger partial charge in [-0.1, -0.05) is 26.0 Å². The van der Waals surface area contributed by atoms with Crippen molar-refractivity contribution < 1.29 is 0 Å². The molecule has 2 N–H and O–H groups in total. The van der Waals surface area contributed by atoms with Crippen molar-refractivity contribution in [3.8, 4) is 5.69 Å². The third kappa shape index (κ3) is 1.85. The van der Waals surface area contributed by atoms with Crippen LogP contribution in [-0.2, 0) is 0 Å². The minimum Gasteiger partial charge on any atom is -0.327 e. The topological polar surface area (TPSA) is 69.6 Å². The van der Waals surface area contributed by atoms with Crippen molar-refractivity contribution in [3.63, 3.8) is 0 Å². The first-order chi connectivity index (χ1) is 9.71. The third-order valence-electron chi connectivity index (χ3n) is 5.12. The summed E-state index contributed by atoms with van der Waals surface area (Å²) < 4.78 is 1.70. The van der Waals surface area contributed by atoms with Crippen molar-refractivity contribution in [3.05, 3.63) is 36.2 Å². The van der Waals surface area contributed by atoms with Crippen LogP contribution in [0.1, 0.15) is 44.6 Å². The zero-order valence-corrected chi connectivity index (χ0v) is 12.0. The number of aromatic nitrogens is 4. The average Bonchev–Trinajstić information content (AvgIpc) is 3.00. The Bertz CT molecular complexity index is 574. The van der Waals surface area contributed by atoms with Crippen LogP contribution in [0.5, 0.6) is 0 Å². The molecule has 1 heterocycles. The zero-order valence-electron chi connectivity index (χ0n) is 12.0. The molecule has 0 saturated heterocycles. The first-order valence-corrected chi connectivity index (χ1v) is 7.30. The number of hydrogen-bond acceptors (Lipinski definition) is 4. The Morgan fingerprint density at radius 1 is 1.35 bits per heavy atom. The summed E-state index contributed by atoms with van der Waals surface area (Å²) in [7, 11) is 0. The highest BCUT2D eigenvalue weighted by Gasteiger charge is 2.51. The molecule has 20 heavy (non-hydrogen) atoms. The normalized spacial score (nSPS) is 24.4. The number of tetrazole rings is 1. The summed E-state index contributed by atoms with van der Waals surface area (Å²) in [6.07, 6.45) is 4.95. The summed E-state index contributed by atoms with van der Waals surface area (Å²) in [5.41, 5.74) is 8.91. The highest BCUT2D eigenvalue weighted by atomic mass is 15.5. The molecule has 0 amide bonds. The van der Waals surface area contributed by atoms with Gasteiger partial charge in [0.05, 0.1) is 5.69 Å². The molecule has 1 fully saturated rings. The highest BCUT2D eigenvalue weighted by Crippen LogP contribution is 2.56. The fraction of sp³-hybridized carbons (Fsp3) is 0.533. The molecule has 2 unspecified atom stereocenters. The van der Waals surface area contributed by atoms with Gasteiger partial charge in [0, 0.05) is 6.04 Å². The number of nitrogens with zero attached hydrogens (tertiary/aromatic N) is 4. The SMILES string of the molecule is CCC1(CC)C(N)CC1c1cccc(-n2cnnn2)c1. The predicted octanol–water partition coefficient (Wildman–Crippen LogP) is 2.28. The average molecular weight is 271 g/mol. The molecule has 1 saturated carbocycles. The minimum absolute atomic E-state index is 0.249. The van der Waals surface area contributed by atoms with Crippen molar-refractivity contribution in [1.29, 1.82) is 0 Å². The summed E-state index contributed by atoms with van der Waals surface area (Å²) in [4.78, 5) is 0. The van der Waals surface area contributed by atoms with Gasteiger partial charge < -0.3 is 5.73 Å². The Labute approximate surface area is 119 Å². The van der Waals surface area contributed by atoms with E-state index in [9.17, 15) is 0 Å². The molecular weight excluding hydrogens is 250 g/mol. The summed E-state index contributed by atoms with van der Waals surface area (Å²) in [6, 6.07) is 8.81. The summed E-state index contributed by atoms with van der Waals surface area (Å²) in [5, 5.41) is 11.3. The Kier molecular flexibility index (Phi) is 3.30. The first kappa shape index (κ1) is 13.2. The van der Waals surface area contributed by atoms with Gasteiger partial charge in [-0.15, -0.1) is 5.10 Å². The second kappa shape index (κ2) is 4.98. The molecule has 0 aliphatic heterocycles. The maximum atomic E-state index is 6.30. The molecule has 1 aromatic carbocycles. The lowest BCUT2D eigenvalue weighted by Crippen LogP contribution is -2.55. The molecule has 0 bridgehead atoms. The van der Waals surface area contributed by atoms with Gasteiger partial charge in [0.2, 0.25) is 0 Å². The first-order valence-electron chi connectivity index (χ1n) is 7.30. The van der Waals surface area contributed by atoms with E-state index in [1.807, 2.05) is 6.07 Å².